The van der Waals surface area contributed by atoms with Crippen LogP contribution in [-0.2, 0) is 37.4 Å². The van der Waals surface area contributed by atoms with Gasteiger partial charge in [0.05, 0.1) is 5.69 Å². The van der Waals surface area contributed by atoms with E-state index in [0.717, 1.165) is 11.1 Å². The van der Waals surface area contributed by atoms with Crippen LogP contribution in [0.5, 0.6) is 0 Å². The molecule has 0 fully saturated rings. The predicted octanol–water partition coefficient (Wildman–Crippen LogP) is 3.69. The van der Waals surface area contributed by atoms with E-state index in [9.17, 15) is 18.0 Å². The molecule has 0 saturated heterocycles. The number of halogens is 2. The lowest BCUT2D eigenvalue weighted by atomic mass is 10.1. The second-order valence-electron chi connectivity index (χ2n) is 5.98. The summed E-state index contributed by atoms with van der Waals surface area (Å²) >= 11 is 11.3. The zero-order valence-corrected chi connectivity index (χ0v) is 16.8. The van der Waals surface area contributed by atoms with Gasteiger partial charge in [-0.2, -0.15) is 12.7 Å². The number of amides is 1. The Kier molecular flexibility index (Phi) is 6.07. The second kappa shape index (κ2) is 8.34. The van der Waals surface area contributed by atoms with Gasteiger partial charge in [-0.15, -0.1) is 0 Å². The fraction of sp³-hybridized carbons (Fsp3) is 0.158. The Labute approximate surface area is 172 Å². The minimum Gasteiger partial charge on any atom is -0.461 e. The van der Waals surface area contributed by atoms with Gasteiger partial charge in [-0.05, 0) is 29.7 Å². The maximum atomic E-state index is 12.2. The third-order valence-electron chi connectivity index (χ3n) is 4.04. The first-order valence-electron chi connectivity index (χ1n) is 8.24. The number of rotatable bonds is 6. The summed E-state index contributed by atoms with van der Waals surface area (Å²) in [6.07, 6.45) is 0.584. The van der Waals surface area contributed by atoms with Crippen molar-refractivity contribution >= 4 is 50.8 Å². The highest BCUT2D eigenvalue weighted by Crippen LogP contribution is 2.36. The van der Waals surface area contributed by atoms with Crippen LogP contribution >= 0.6 is 23.2 Å². The number of aryl methyl sites for hydroxylation is 1. The summed E-state index contributed by atoms with van der Waals surface area (Å²) in [6.45, 7) is 0.210. The lowest BCUT2D eigenvalue weighted by molar-refractivity contribution is -0.144. The molecule has 2 aromatic carbocycles. The minimum atomic E-state index is -4.17. The van der Waals surface area contributed by atoms with E-state index in [-0.39, 0.29) is 24.7 Å². The van der Waals surface area contributed by atoms with Crippen molar-refractivity contribution in [1.29, 1.82) is 0 Å². The zero-order valence-electron chi connectivity index (χ0n) is 14.5. The number of benzene rings is 2. The molecule has 0 N–H and O–H groups in total. The molecule has 1 aliphatic heterocycles. The molecular weight excluding hydrogens is 425 g/mol. The van der Waals surface area contributed by atoms with Crippen molar-refractivity contribution in [1.82, 2.24) is 0 Å². The highest BCUT2D eigenvalue weighted by atomic mass is 35.5. The zero-order chi connectivity index (χ0) is 20.3. The Balaban J connectivity index is 1.58. The molecule has 1 heterocycles. The number of esters is 1. The molecule has 0 bridgehead atoms. The van der Waals surface area contributed by atoms with Crippen molar-refractivity contribution in [2.24, 2.45) is 0 Å². The van der Waals surface area contributed by atoms with Crippen molar-refractivity contribution in [2.75, 3.05) is 4.31 Å². The summed E-state index contributed by atoms with van der Waals surface area (Å²) in [5.74, 6) is -1.24. The van der Waals surface area contributed by atoms with Gasteiger partial charge in [0, 0.05) is 6.42 Å². The fourth-order valence-corrected chi connectivity index (χ4v) is 4.48. The van der Waals surface area contributed by atoms with Crippen LogP contribution in [0.15, 0.2) is 64.0 Å². The summed E-state index contributed by atoms with van der Waals surface area (Å²) in [5, 5.41) is -0.535. The van der Waals surface area contributed by atoms with E-state index in [1.54, 1.807) is 12.1 Å². The number of sulfonamides is 1. The smallest absolute Gasteiger partial charge is 0.306 e. The van der Waals surface area contributed by atoms with Crippen LogP contribution in [0.25, 0.3) is 0 Å². The molecule has 0 atom stereocenters. The first-order chi connectivity index (χ1) is 13.3. The summed E-state index contributed by atoms with van der Waals surface area (Å²) in [4.78, 5) is 23.9. The maximum Gasteiger partial charge on any atom is 0.306 e. The lowest BCUT2D eigenvalue weighted by Crippen LogP contribution is -2.30. The Morgan fingerprint density at radius 1 is 0.964 bits per heavy atom. The number of nitrogens with zero attached hydrogens (tertiary/aromatic N) is 1. The highest BCUT2D eigenvalue weighted by molar-refractivity contribution is 7.99. The molecule has 2 aromatic rings. The second-order valence-corrected chi connectivity index (χ2v) is 8.68. The molecule has 3 rings (SSSR count). The largest absolute Gasteiger partial charge is 0.461 e. The Hall–Kier alpha value is -2.35. The van der Waals surface area contributed by atoms with Crippen molar-refractivity contribution in [3.8, 4) is 0 Å². The molecule has 6 nitrogen and oxygen atoms in total. The SMILES string of the molecule is O=C(CCc1ccc(N2C(=O)C(Cl)=C(Cl)S2(=O)=O)cc1)OCc1ccccc1. The molecule has 0 radical (unpaired) electrons. The van der Waals surface area contributed by atoms with Gasteiger partial charge in [-0.25, -0.2) is 0 Å². The first-order valence-corrected chi connectivity index (χ1v) is 10.4. The molecule has 0 aliphatic carbocycles. The molecule has 1 aliphatic rings. The van der Waals surface area contributed by atoms with Crippen molar-refractivity contribution in [3.05, 3.63) is 75.1 Å². The van der Waals surface area contributed by atoms with Gasteiger partial charge in [0.25, 0.3) is 15.9 Å². The van der Waals surface area contributed by atoms with E-state index in [2.05, 4.69) is 0 Å². The van der Waals surface area contributed by atoms with Gasteiger partial charge in [0.1, 0.15) is 11.6 Å². The van der Waals surface area contributed by atoms with Crippen LogP contribution in [-0.4, -0.2) is 20.3 Å². The van der Waals surface area contributed by atoms with Gasteiger partial charge in [0.15, 0.2) is 4.36 Å². The Morgan fingerprint density at radius 2 is 1.61 bits per heavy atom. The summed E-state index contributed by atoms with van der Waals surface area (Å²) < 4.78 is 29.4. The Morgan fingerprint density at radius 3 is 2.18 bits per heavy atom. The first kappa shape index (κ1) is 20.4. The topological polar surface area (TPSA) is 80.8 Å². The van der Waals surface area contributed by atoms with E-state index < -0.39 is 25.3 Å². The van der Waals surface area contributed by atoms with Crippen molar-refractivity contribution < 1.29 is 22.7 Å². The van der Waals surface area contributed by atoms with Crippen LogP contribution in [0.1, 0.15) is 17.5 Å². The van der Waals surface area contributed by atoms with Gasteiger partial charge in [-0.3, -0.25) is 9.59 Å². The van der Waals surface area contributed by atoms with E-state index in [1.807, 2.05) is 30.3 Å². The highest BCUT2D eigenvalue weighted by Gasteiger charge is 2.43. The summed E-state index contributed by atoms with van der Waals surface area (Å²) in [6, 6.07) is 15.5. The van der Waals surface area contributed by atoms with Crippen LogP contribution in [0, 0.1) is 0 Å². The number of hydrogen-bond donors (Lipinski definition) is 0. The molecule has 0 saturated carbocycles. The van der Waals surface area contributed by atoms with Crippen molar-refractivity contribution in [3.63, 3.8) is 0 Å². The summed E-state index contributed by atoms with van der Waals surface area (Å²) in [7, 11) is -4.17. The van der Waals surface area contributed by atoms with E-state index in [4.69, 9.17) is 27.9 Å². The van der Waals surface area contributed by atoms with Gasteiger partial charge in [-0.1, -0.05) is 65.7 Å². The predicted molar refractivity (Wildman–Crippen MR) is 106 cm³/mol. The number of ether oxygens (including phenoxy) is 1. The minimum absolute atomic E-state index is 0.120. The van der Waals surface area contributed by atoms with Gasteiger partial charge >= 0.3 is 5.97 Å². The van der Waals surface area contributed by atoms with Crippen LogP contribution in [0.2, 0.25) is 0 Å². The van der Waals surface area contributed by atoms with Crippen LogP contribution in [0.4, 0.5) is 5.69 Å². The normalized spacial score (nSPS) is 15.8. The number of hydrogen-bond acceptors (Lipinski definition) is 5. The molecule has 1 amide bonds. The van der Waals surface area contributed by atoms with E-state index >= 15 is 0 Å². The average Bonchev–Trinajstić information content (AvgIpc) is 2.85. The average molecular weight is 440 g/mol. The van der Waals surface area contributed by atoms with Gasteiger partial charge < -0.3 is 4.74 Å². The quantitative estimate of drug-likeness (QED) is 0.641. The summed E-state index contributed by atoms with van der Waals surface area (Å²) in [5.41, 5.74) is 1.81. The van der Waals surface area contributed by atoms with Crippen LogP contribution in [0.3, 0.4) is 0 Å². The van der Waals surface area contributed by atoms with E-state index in [0.29, 0.717) is 10.7 Å². The third kappa shape index (κ3) is 4.22. The number of carbonyl (C=O) groups is 2. The fourth-order valence-electron chi connectivity index (χ4n) is 2.59. The monoisotopic (exact) mass is 439 g/mol. The lowest BCUT2D eigenvalue weighted by Gasteiger charge is -2.15. The van der Waals surface area contributed by atoms with E-state index in [1.165, 1.54) is 12.1 Å². The molecule has 28 heavy (non-hydrogen) atoms. The number of anilines is 1. The Bertz CT molecular complexity index is 1030. The van der Waals surface area contributed by atoms with Crippen molar-refractivity contribution in [2.45, 2.75) is 19.4 Å². The maximum absolute atomic E-state index is 12.2. The molecule has 0 unspecified atom stereocenters. The molecule has 0 aromatic heterocycles. The molecule has 9 heteroatoms. The van der Waals surface area contributed by atoms with Crippen LogP contribution < -0.4 is 4.31 Å². The molecule has 0 spiro atoms. The van der Waals surface area contributed by atoms with Gasteiger partial charge in [0.2, 0.25) is 0 Å². The standard InChI is InChI=1S/C19H15Cl2NO5S/c20-17-18(21)28(25,26)22(19(17)24)15-9-6-13(7-10-15)8-11-16(23)27-12-14-4-2-1-3-5-14/h1-7,9-10H,8,11-12H2. The number of carbonyl (C=O) groups excluding carboxylic acids is 2. The molecule has 146 valence electrons. The third-order valence-corrected chi connectivity index (χ3v) is 6.89. The molecular formula is C19H15Cl2NO5S.